The SMILES string of the molecule is O=C(NCC(=O)N1C[C@H]2COCC[C@@]2(C(=O)O)C1)NCc1ccc(Cl)cc1. The zero-order valence-corrected chi connectivity index (χ0v) is 15.5. The van der Waals surface area contributed by atoms with E-state index in [1.54, 1.807) is 24.3 Å². The van der Waals surface area contributed by atoms with Crippen LogP contribution >= 0.6 is 11.6 Å². The molecule has 8 nitrogen and oxygen atoms in total. The van der Waals surface area contributed by atoms with Crippen LogP contribution < -0.4 is 10.6 Å². The van der Waals surface area contributed by atoms with Crippen LogP contribution in [0.25, 0.3) is 0 Å². The molecule has 9 heteroatoms. The third kappa shape index (κ3) is 4.33. The van der Waals surface area contributed by atoms with E-state index >= 15 is 0 Å². The largest absolute Gasteiger partial charge is 0.481 e. The molecule has 27 heavy (non-hydrogen) atoms. The van der Waals surface area contributed by atoms with Gasteiger partial charge in [0.05, 0.1) is 18.6 Å². The Morgan fingerprint density at radius 3 is 2.67 bits per heavy atom. The van der Waals surface area contributed by atoms with Crippen molar-refractivity contribution in [3.63, 3.8) is 0 Å². The van der Waals surface area contributed by atoms with E-state index in [9.17, 15) is 19.5 Å². The minimum atomic E-state index is -0.940. The number of hydrogen-bond acceptors (Lipinski definition) is 4. The van der Waals surface area contributed by atoms with Gasteiger partial charge in [-0.15, -0.1) is 0 Å². The van der Waals surface area contributed by atoms with E-state index in [2.05, 4.69) is 10.6 Å². The molecule has 2 atom stereocenters. The van der Waals surface area contributed by atoms with Crippen LogP contribution in [0.15, 0.2) is 24.3 Å². The molecule has 0 radical (unpaired) electrons. The second kappa shape index (κ2) is 8.14. The first kappa shape index (κ1) is 19.4. The highest BCUT2D eigenvalue weighted by Gasteiger charge is 2.54. The molecular formula is C18H22ClN3O5. The van der Waals surface area contributed by atoms with E-state index in [0.717, 1.165) is 5.56 Å². The van der Waals surface area contributed by atoms with Gasteiger partial charge in [0, 0.05) is 37.2 Å². The summed E-state index contributed by atoms with van der Waals surface area (Å²) >= 11 is 5.81. The van der Waals surface area contributed by atoms with Crippen LogP contribution in [0, 0.1) is 11.3 Å². The summed E-state index contributed by atoms with van der Waals surface area (Å²) in [5.74, 6) is -1.40. The number of benzene rings is 1. The molecule has 0 saturated carbocycles. The van der Waals surface area contributed by atoms with Gasteiger partial charge >= 0.3 is 12.0 Å². The summed E-state index contributed by atoms with van der Waals surface area (Å²) in [5, 5.41) is 15.4. The van der Waals surface area contributed by atoms with E-state index < -0.39 is 17.4 Å². The van der Waals surface area contributed by atoms with Gasteiger partial charge < -0.3 is 25.4 Å². The highest BCUT2D eigenvalue weighted by Crippen LogP contribution is 2.42. The number of nitrogens with zero attached hydrogens (tertiary/aromatic N) is 1. The molecule has 2 aliphatic rings. The van der Waals surface area contributed by atoms with Crippen molar-refractivity contribution in [1.29, 1.82) is 0 Å². The van der Waals surface area contributed by atoms with Gasteiger partial charge in [-0.05, 0) is 24.1 Å². The number of aliphatic carboxylic acids is 1. The predicted molar refractivity (Wildman–Crippen MR) is 97.3 cm³/mol. The number of hydrogen-bond donors (Lipinski definition) is 3. The Kier molecular flexibility index (Phi) is 5.86. The van der Waals surface area contributed by atoms with Crippen LogP contribution in [0.2, 0.25) is 5.02 Å². The molecule has 0 aliphatic carbocycles. The van der Waals surface area contributed by atoms with E-state index in [1.165, 1.54) is 4.90 Å². The van der Waals surface area contributed by atoms with Crippen molar-refractivity contribution in [2.24, 2.45) is 11.3 Å². The van der Waals surface area contributed by atoms with E-state index in [-0.39, 0.29) is 24.9 Å². The van der Waals surface area contributed by atoms with Gasteiger partial charge in [0.25, 0.3) is 0 Å². The van der Waals surface area contributed by atoms with Crippen LogP contribution in [0.3, 0.4) is 0 Å². The molecular weight excluding hydrogens is 374 g/mol. The Morgan fingerprint density at radius 2 is 2.00 bits per heavy atom. The number of fused-ring (bicyclic) bond motifs is 1. The third-order valence-electron chi connectivity index (χ3n) is 5.25. The number of rotatable bonds is 5. The van der Waals surface area contributed by atoms with E-state index in [0.29, 0.717) is 37.7 Å². The minimum Gasteiger partial charge on any atom is -0.481 e. The quantitative estimate of drug-likeness (QED) is 0.691. The van der Waals surface area contributed by atoms with Gasteiger partial charge in [-0.2, -0.15) is 0 Å². The van der Waals surface area contributed by atoms with Crippen LogP contribution in [0.5, 0.6) is 0 Å². The smallest absolute Gasteiger partial charge is 0.315 e. The monoisotopic (exact) mass is 395 g/mol. The number of carboxylic acid groups (broad SMARTS) is 1. The number of likely N-dealkylation sites (tertiary alicyclic amines) is 1. The number of carboxylic acids is 1. The summed E-state index contributed by atoms with van der Waals surface area (Å²) in [6.45, 7) is 1.34. The van der Waals surface area contributed by atoms with Crippen LogP contribution in [-0.2, 0) is 20.9 Å². The van der Waals surface area contributed by atoms with Gasteiger partial charge in [-0.25, -0.2) is 4.79 Å². The summed E-state index contributed by atoms with van der Waals surface area (Å²) in [4.78, 5) is 37.6. The normalized spacial score (nSPS) is 24.2. The van der Waals surface area contributed by atoms with Crippen molar-refractivity contribution in [3.05, 3.63) is 34.9 Å². The minimum absolute atomic E-state index is 0.156. The number of nitrogens with one attached hydrogen (secondary N) is 2. The molecule has 2 aliphatic heterocycles. The number of halogens is 1. The van der Waals surface area contributed by atoms with Gasteiger partial charge in [0.2, 0.25) is 5.91 Å². The summed E-state index contributed by atoms with van der Waals surface area (Å²) in [6, 6.07) is 6.59. The average molecular weight is 396 g/mol. The lowest BCUT2D eigenvalue weighted by atomic mass is 9.74. The molecule has 1 aromatic rings. The van der Waals surface area contributed by atoms with Crippen molar-refractivity contribution in [2.45, 2.75) is 13.0 Å². The molecule has 3 amide bonds. The van der Waals surface area contributed by atoms with Gasteiger partial charge in [-0.3, -0.25) is 9.59 Å². The van der Waals surface area contributed by atoms with Crippen molar-refractivity contribution >= 4 is 29.5 Å². The zero-order chi connectivity index (χ0) is 19.4. The molecule has 1 aromatic carbocycles. The summed E-state index contributed by atoms with van der Waals surface area (Å²) < 4.78 is 5.38. The standard InChI is InChI=1S/C18H22ClN3O5/c19-14-3-1-12(2-4-14)7-20-17(26)21-8-15(23)22-9-13-10-27-6-5-18(13,11-22)16(24)25/h1-4,13H,5-11H2,(H,24,25)(H2,20,21,26)/t13-,18+/m0/s1. The molecule has 0 bridgehead atoms. The topological polar surface area (TPSA) is 108 Å². The van der Waals surface area contributed by atoms with Gasteiger partial charge in [0.1, 0.15) is 0 Å². The maximum Gasteiger partial charge on any atom is 0.315 e. The first-order valence-electron chi connectivity index (χ1n) is 8.76. The molecule has 3 N–H and O–H groups in total. The van der Waals surface area contributed by atoms with Crippen molar-refractivity contribution in [1.82, 2.24) is 15.5 Å². The summed E-state index contributed by atoms with van der Waals surface area (Å²) in [6.07, 6.45) is 0.395. The molecule has 2 fully saturated rings. The molecule has 0 unspecified atom stereocenters. The lowest BCUT2D eigenvalue weighted by Gasteiger charge is -2.33. The lowest BCUT2D eigenvalue weighted by Crippen LogP contribution is -2.46. The van der Waals surface area contributed by atoms with Crippen molar-refractivity contribution in [2.75, 3.05) is 32.8 Å². The zero-order valence-electron chi connectivity index (χ0n) is 14.7. The Labute approximate surface area is 161 Å². The summed E-state index contributed by atoms with van der Waals surface area (Å²) in [5.41, 5.74) is -0.0574. The van der Waals surface area contributed by atoms with E-state index in [4.69, 9.17) is 16.3 Å². The highest BCUT2D eigenvalue weighted by molar-refractivity contribution is 6.30. The van der Waals surface area contributed by atoms with Crippen LogP contribution in [-0.4, -0.2) is 60.8 Å². The fourth-order valence-corrected chi connectivity index (χ4v) is 3.73. The fraction of sp³-hybridized carbons (Fsp3) is 0.500. The number of carbonyl (C=O) groups is 3. The van der Waals surface area contributed by atoms with Crippen LogP contribution in [0.1, 0.15) is 12.0 Å². The van der Waals surface area contributed by atoms with Crippen molar-refractivity contribution < 1.29 is 24.2 Å². The molecule has 2 heterocycles. The number of carbonyl (C=O) groups excluding carboxylic acids is 2. The first-order chi connectivity index (χ1) is 12.9. The van der Waals surface area contributed by atoms with Gasteiger partial charge in [0.15, 0.2) is 0 Å². The Balaban J connectivity index is 1.47. The molecule has 0 aromatic heterocycles. The molecule has 2 saturated heterocycles. The second-order valence-corrected chi connectivity index (χ2v) is 7.36. The van der Waals surface area contributed by atoms with Crippen molar-refractivity contribution in [3.8, 4) is 0 Å². The van der Waals surface area contributed by atoms with Gasteiger partial charge in [-0.1, -0.05) is 23.7 Å². The molecule has 3 rings (SSSR count). The Hall–Kier alpha value is -2.32. The maximum absolute atomic E-state index is 12.4. The molecule has 0 spiro atoms. The first-order valence-corrected chi connectivity index (χ1v) is 9.13. The molecule has 146 valence electrons. The average Bonchev–Trinajstić information content (AvgIpc) is 3.07. The lowest BCUT2D eigenvalue weighted by molar-refractivity contribution is -0.157. The third-order valence-corrected chi connectivity index (χ3v) is 5.50. The van der Waals surface area contributed by atoms with Crippen LogP contribution in [0.4, 0.5) is 4.79 Å². The van der Waals surface area contributed by atoms with E-state index in [1.807, 2.05) is 0 Å². The predicted octanol–water partition coefficient (Wildman–Crippen LogP) is 1.09. The number of urea groups is 1. The number of amides is 3. The summed E-state index contributed by atoms with van der Waals surface area (Å²) in [7, 11) is 0. The Bertz CT molecular complexity index is 726. The number of ether oxygens (including phenoxy) is 1. The highest BCUT2D eigenvalue weighted by atomic mass is 35.5. The maximum atomic E-state index is 12.4. The Morgan fingerprint density at radius 1 is 1.26 bits per heavy atom. The fourth-order valence-electron chi connectivity index (χ4n) is 3.60. The second-order valence-electron chi connectivity index (χ2n) is 6.92.